The van der Waals surface area contributed by atoms with E-state index in [1.807, 2.05) is 12.1 Å². The number of benzene rings is 1. The lowest BCUT2D eigenvalue weighted by molar-refractivity contribution is 0.0975. The summed E-state index contributed by atoms with van der Waals surface area (Å²) >= 11 is 1.32. The molecule has 8 nitrogen and oxygen atoms in total. The summed E-state index contributed by atoms with van der Waals surface area (Å²) in [6.07, 6.45) is 3.40. The van der Waals surface area contributed by atoms with E-state index in [1.165, 1.54) is 18.4 Å². The van der Waals surface area contributed by atoms with Gasteiger partial charge in [-0.2, -0.15) is 0 Å². The van der Waals surface area contributed by atoms with Crippen LogP contribution in [0.5, 0.6) is 11.5 Å². The van der Waals surface area contributed by atoms with Crippen LogP contribution < -0.4 is 14.4 Å². The molecule has 0 unspecified atom stereocenters. The smallest absolute Gasteiger partial charge is 0.260 e. The Hall–Kier alpha value is -3.04. The molecule has 3 rings (SSSR count). The van der Waals surface area contributed by atoms with E-state index in [4.69, 9.17) is 14.2 Å². The highest BCUT2D eigenvalue weighted by Gasteiger charge is 2.23. The van der Waals surface area contributed by atoms with Crippen molar-refractivity contribution in [3.8, 4) is 22.1 Å². The van der Waals surface area contributed by atoms with Crippen LogP contribution >= 0.6 is 11.3 Å². The zero-order chi connectivity index (χ0) is 19.9. The number of ether oxygens (including phenoxy) is 3. The molecule has 0 fully saturated rings. The molecule has 1 amide bonds. The summed E-state index contributed by atoms with van der Waals surface area (Å²) < 4.78 is 15.7. The predicted molar refractivity (Wildman–Crippen MR) is 106 cm³/mol. The summed E-state index contributed by atoms with van der Waals surface area (Å²) in [5, 5.41) is 9.57. The van der Waals surface area contributed by atoms with E-state index >= 15 is 0 Å². The number of hydrogen-bond acceptors (Lipinski definition) is 8. The fourth-order valence-electron chi connectivity index (χ4n) is 2.52. The normalized spacial score (nSPS) is 10.5. The molecule has 0 radical (unpaired) electrons. The average Bonchev–Trinajstić information content (AvgIpc) is 3.24. The molecule has 0 bridgehead atoms. The minimum Gasteiger partial charge on any atom is -0.493 e. The van der Waals surface area contributed by atoms with E-state index in [-0.39, 0.29) is 5.91 Å². The highest BCUT2D eigenvalue weighted by molar-refractivity contribution is 7.18. The quantitative estimate of drug-likeness (QED) is 0.574. The van der Waals surface area contributed by atoms with Crippen LogP contribution in [0.1, 0.15) is 10.4 Å². The van der Waals surface area contributed by atoms with Crippen LogP contribution in [0.3, 0.4) is 0 Å². The largest absolute Gasteiger partial charge is 0.493 e. The number of hydrogen-bond donors (Lipinski definition) is 0. The second-order valence-electron chi connectivity index (χ2n) is 5.65. The monoisotopic (exact) mass is 400 g/mol. The van der Waals surface area contributed by atoms with Gasteiger partial charge in [-0.15, -0.1) is 10.2 Å². The molecule has 1 aromatic carbocycles. The van der Waals surface area contributed by atoms with Gasteiger partial charge in [0.25, 0.3) is 5.91 Å². The van der Waals surface area contributed by atoms with Crippen LogP contribution in [0, 0.1) is 0 Å². The maximum atomic E-state index is 13.2. The van der Waals surface area contributed by atoms with Crippen molar-refractivity contribution in [1.82, 2.24) is 15.2 Å². The number of carbonyl (C=O) groups excluding carboxylic acids is 1. The van der Waals surface area contributed by atoms with Crippen molar-refractivity contribution in [1.29, 1.82) is 0 Å². The van der Waals surface area contributed by atoms with Crippen LogP contribution in [0.25, 0.3) is 10.6 Å². The van der Waals surface area contributed by atoms with Gasteiger partial charge >= 0.3 is 0 Å². The molecule has 9 heteroatoms. The molecule has 0 aliphatic rings. The number of methoxy groups -OCH3 is 3. The van der Waals surface area contributed by atoms with Crippen LogP contribution in [0.4, 0.5) is 5.13 Å². The summed E-state index contributed by atoms with van der Waals surface area (Å²) in [6, 6.07) is 8.75. The third-order valence-corrected chi connectivity index (χ3v) is 4.94. The Morgan fingerprint density at radius 3 is 2.61 bits per heavy atom. The number of anilines is 1. The summed E-state index contributed by atoms with van der Waals surface area (Å²) in [7, 11) is 4.66. The second-order valence-corrected chi connectivity index (χ2v) is 6.61. The van der Waals surface area contributed by atoms with Crippen molar-refractivity contribution in [3.63, 3.8) is 0 Å². The summed E-state index contributed by atoms with van der Waals surface area (Å²) in [6.45, 7) is 0.701. The SMILES string of the molecule is COCCN(C(=O)c1ccc(OC)c(OC)c1)c1nnc(-c2cccnc2)s1. The van der Waals surface area contributed by atoms with Crippen LogP contribution in [0.15, 0.2) is 42.7 Å². The van der Waals surface area contributed by atoms with Gasteiger partial charge in [0.15, 0.2) is 16.5 Å². The number of amides is 1. The minimum atomic E-state index is -0.230. The van der Waals surface area contributed by atoms with Crippen molar-refractivity contribution in [2.24, 2.45) is 0 Å². The van der Waals surface area contributed by atoms with Crippen LogP contribution in [-0.4, -0.2) is 55.6 Å². The van der Waals surface area contributed by atoms with Crippen LogP contribution in [0.2, 0.25) is 0 Å². The summed E-state index contributed by atoms with van der Waals surface area (Å²) in [5.41, 5.74) is 1.29. The fourth-order valence-corrected chi connectivity index (χ4v) is 3.38. The lowest BCUT2D eigenvalue weighted by Gasteiger charge is -2.19. The first-order valence-corrected chi connectivity index (χ1v) is 9.26. The second kappa shape index (κ2) is 9.25. The maximum absolute atomic E-state index is 13.2. The van der Waals surface area contributed by atoms with Gasteiger partial charge in [0.05, 0.1) is 27.4 Å². The molecule has 0 aliphatic heterocycles. The fraction of sp³-hybridized carbons (Fsp3) is 0.263. The Balaban J connectivity index is 1.92. The van der Waals surface area contributed by atoms with Crippen molar-refractivity contribution >= 4 is 22.4 Å². The van der Waals surface area contributed by atoms with E-state index in [1.54, 1.807) is 49.7 Å². The van der Waals surface area contributed by atoms with Crippen LogP contribution in [-0.2, 0) is 4.74 Å². The lowest BCUT2D eigenvalue weighted by Crippen LogP contribution is -2.34. The average molecular weight is 400 g/mol. The Morgan fingerprint density at radius 2 is 1.93 bits per heavy atom. The molecule has 0 spiro atoms. The molecular weight excluding hydrogens is 380 g/mol. The van der Waals surface area contributed by atoms with Gasteiger partial charge in [0.2, 0.25) is 5.13 Å². The summed E-state index contributed by atoms with van der Waals surface area (Å²) in [4.78, 5) is 18.8. The first-order valence-electron chi connectivity index (χ1n) is 8.44. The Morgan fingerprint density at radius 1 is 1.11 bits per heavy atom. The molecule has 2 heterocycles. The number of pyridine rings is 1. The molecule has 0 saturated heterocycles. The van der Waals surface area contributed by atoms with Gasteiger partial charge in [-0.1, -0.05) is 11.3 Å². The van der Waals surface area contributed by atoms with E-state index in [0.29, 0.717) is 40.4 Å². The van der Waals surface area contributed by atoms with Gasteiger partial charge in [-0.25, -0.2) is 0 Å². The van der Waals surface area contributed by atoms with Crippen molar-refractivity contribution in [2.75, 3.05) is 39.4 Å². The highest BCUT2D eigenvalue weighted by atomic mass is 32.1. The molecule has 3 aromatic rings. The Kier molecular flexibility index (Phi) is 6.51. The number of carbonyl (C=O) groups is 1. The van der Waals surface area contributed by atoms with E-state index in [2.05, 4.69) is 15.2 Å². The van der Waals surface area contributed by atoms with Crippen molar-refractivity contribution in [3.05, 3.63) is 48.3 Å². The standard InChI is InChI=1S/C19H20N4O4S/c1-25-10-9-23(18(24)13-6-7-15(26-2)16(11-13)27-3)19-22-21-17(28-19)14-5-4-8-20-12-14/h4-8,11-12H,9-10H2,1-3H3. The third kappa shape index (κ3) is 4.26. The molecule has 0 aliphatic carbocycles. The highest BCUT2D eigenvalue weighted by Crippen LogP contribution is 2.31. The maximum Gasteiger partial charge on any atom is 0.260 e. The summed E-state index contributed by atoms with van der Waals surface area (Å²) in [5.74, 6) is 0.803. The van der Waals surface area contributed by atoms with E-state index in [9.17, 15) is 4.79 Å². The van der Waals surface area contributed by atoms with Crippen molar-refractivity contribution in [2.45, 2.75) is 0 Å². The van der Waals surface area contributed by atoms with E-state index < -0.39 is 0 Å². The van der Waals surface area contributed by atoms with E-state index in [0.717, 1.165) is 5.56 Å². The topological polar surface area (TPSA) is 86.7 Å². The van der Waals surface area contributed by atoms with Gasteiger partial charge in [-0.3, -0.25) is 14.7 Å². The molecule has 28 heavy (non-hydrogen) atoms. The van der Waals surface area contributed by atoms with Gasteiger partial charge in [-0.05, 0) is 30.3 Å². The molecule has 0 atom stereocenters. The Bertz CT molecular complexity index is 933. The molecule has 0 saturated carbocycles. The molecular formula is C19H20N4O4S. The number of aromatic nitrogens is 3. The van der Waals surface area contributed by atoms with Gasteiger partial charge in [0, 0.05) is 30.6 Å². The first-order chi connectivity index (χ1) is 13.7. The molecule has 146 valence electrons. The minimum absolute atomic E-state index is 0.230. The number of rotatable bonds is 8. The molecule has 2 aromatic heterocycles. The lowest BCUT2D eigenvalue weighted by atomic mass is 10.1. The Labute approximate surface area is 166 Å². The number of nitrogens with zero attached hydrogens (tertiary/aromatic N) is 4. The van der Waals surface area contributed by atoms with Crippen molar-refractivity contribution < 1.29 is 19.0 Å². The molecule has 0 N–H and O–H groups in total. The zero-order valence-electron chi connectivity index (χ0n) is 15.8. The predicted octanol–water partition coefficient (Wildman–Crippen LogP) is 2.91. The third-order valence-electron chi connectivity index (χ3n) is 3.95. The zero-order valence-corrected chi connectivity index (χ0v) is 16.6. The first kappa shape index (κ1) is 19.7. The van der Waals surface area contributed by atoms with Gasteiger partial charge in [0.1, 0.15) is 0 Å². The van der Waals surface area contributed by atoms with Gasteiger partial charge < -0.3 is 14.2 Å².